The zero-order chi connectivity index (χ0) is 22.0. The number of hydrogen-bond donors (Lipinski definition) is 1. The molecule has 2 aromatic heterocycles. The summed E-state index contributed by atoms with van der Waals surface area (Å²) < 4.78 is 16.6. The molecule has 0 saturated heterocycles. The highest BCUT2D eigenvalue weighted by Gasteiger charge is 2.15. The van der Waals surface area contributed by atoms with Crippen LogP contribution in [0.3, 0.4) is 0 Å². The molecule has 0 unspecified atom stereocenters. The van der Waals surface area contributed by atoms with Gasteiger partial charge in [0.15, 0.2) is 0 Å². The molecule has 0 fully saturated rings. The molecule has 0 atom stereocenters. The summed E-state index contributed by atoms with van der Waals surface area (Å²) in [4.78, 5) is 24.9. The van der Waals surface area contributed by atoms with Crippen molar-refractivity contribution in [1.82, 2.24) is 15.0 Å². The van der Waals surface area contributed by atoms with Crippen molar-refractivity contribution >= 4 is 38.7 Å². The summed E-state index contributed by atoms with van der Waals surface area (Å²) in [5.41, 5.74) is 11.3. The molecular formula is C22H22N4O4S. The van der Waals surface area contributed by atoms with Crippen LogP contribution in [0.15, 0.2) is 30.5 Å². The summed E-state index contributed by atoms with van der Waals surface area (Å²) in [7, 11) is 1.64. The van der Waals surface area contributed by atoms with Gasteiger partial charge in [-0.2, -0.15) is 0 Å². The lowest BCUT2D eigenvalue weighted by Crippen LogP contribution is -2.17. The quantitative estimate of drug-likeness (QED) is 0.432. The average Bonchev–Trinajstić information content (AvgIpc) is 3.15. The van der Waals surface area contributed by atoms with Gasteiger partial charge in [0.05, 0.1) is 39.7 Å². The van der Waals surface area contributed by atoms with Crippen molar-refractivity contribution in [2.75, 3.05) is 20.3 Å². The van der Waals surface area contributed by atoms with Crippen LogP contribution in [-0.2, 0) is 16.1 Å². The van der Waals surface area contributed by atoms with Crippen molar-refractivity contribution in [1.29, 1.82) is 0 Å². The van der Waals surface area contributed by atoms with Gasteiger partial charge in [-0.1, -0.05) is 0 Å². The minimum Gasteiger partial charge on any atom is -0.490 e. The van der Waals surface area contributed by atoms with E-state index in [1.807, 2.05) is 32.0 Å². The molecule has 0 aliphatic heterocycles. The Hall–Kier alpha value is -3.30. The lowest BCUT2D eigenvalue weighted by molar-refractivity contribution is 0.134. The molecule has 0 saturated carbocycles. The Bertz CT molecular complexity index is 1270. The maximum absolute atomic E-state index is 10.7. The number of fused-ring (bicyclic) bond motifs is 2. The van der Waals surface area contributed by atoms with Crippen LogP contribution in [-0.4, -0.2) is 41.4 Å². The number of rotatable bonds is 7. The number of methoxy groups -OCH3 is 1. The number of primary amides is 1. The number of ether oxygens (including phenoxy) is 3. The van der Waals surface area contributed by atoms with Gasteiger partial charge in [-0.05, 0) is 49.2 Å². The van der Waals surface area contributed by atoms with Crippen molar-refractivity contribution in [2.24, 2.45) is 5.73 Å². The zero-order valence-corrected chi connectivity index (χ0v) is 18.3. The number of hydrogen-bond acceptors (Lipinski definition) is 8. The lowest BCUT2D eigenvalue weighted by atomic mass is 10.1. The molecule has 4 rings (SSSR count). The fraction of sp³-hybridized carbons (Fsp3) is 0.273. The molecule has 0 radical (unpaired) electrons. The van der Waals surface area contributed by atoms with Crippen molar-refractivity contribution < 1.29 is 19.0 Å². The molecule has 0 aliphatic carbocycles. The molecule has 31 heavy (non-hydrogen) atoms. The van der Waals surface area contributed by atoms with Crippen LogP contribution in [0.2, 0.25) is 0 Å². The Morgan fingerprint density at radius 3 is 2.71 bits per heavy atom. The predicted octanol–water partition coefficient (Wildman–Crippen LogP) is 4.14. The maximum atomic E-state index is 10.7. The SMILES string of the molecule is COCc1cnc2c(-c3nc4c(C)cc(OCCOC(N)=O)cc4s3)cc(C)cc2n1. The number of carbonyl (C=O) groups excluding carboxylic acids is 1. The van der Waals surface area contributed by atoms with E-state index in [9.17, 15) is 4.79 Å². The number of carbonyl (C=O) groups is 1. The fourth-order valence-electron chi connectivity index (χ4n) is 3.35. The molecule has 0 aliphatic rings. The van der Waals surface area contributed by atoms with Crippen molar-refractivity contribution in [2.45, 2.75) is 20.5 Å². The largest absolute Gasteiger partial charge is 0.490 e. The molecular weight excluding hydrogens is 416 g/mol. The third-order valence-corrected chi connectivity index (χ3v) is 5.65. The van der Waals surface area contributed by atoms with Gasteiger partial charge < -0.3 is 19.9 Å². The lowest BCUT2D eigenvalue weighted by Gasteiger charge is -2.07. The smallest absolute Gasteiger partial charge is 0.404 e. The van der Waals surface area contributed by atoms with E-state index in [4.69, 9.17) is 24.9 Å². The number of thiazole rings is 1. The second-order valence-electron chi connectivity index (χ2n) is 7.10. The molecule has 2 heterocycles. The second kappa shape index (κ2) is 8.83. The first kappa shape index (κ1) is 21.0. The van der Waals surface area contributed by atoms with Crippen LogP contribution < -0.4 is 10.5 Å². The van der Waals surface area contributed by atoms with E-state index in [0.717, 1.165) is 48.6 Å². The van der Waals surface area contributed by atoms with Gasteiger partial charge in [0.1, 0.15) is 24.0 Å². The van der Waals surface area contributed by atoms with Gasteiger partial charge in [-0.15, -0.1) is 11.3 Å². The van der Waals surface area contributed by atoms with E-state index < -0.39 is 6.09 Å². The maximum Gasteiger partial charge on any atom is 0.404 e. The van der Waals surface area contributed by atoms with Crippen LogP contribution in [0.4, 0.5) is 4.79 Å². The average molecular weight is 439 g/mol. The third kappa shape index (κ3) is 4.57. The van der Waals surface area contributed by atoms with Crippen LogP contribution in [0.1, 0.15) is 16.8 Å². The first-order valence-corrected chi connectivity index (χ1v) is 10.5. The van der Waals surface area contributed by atoms with Crippen LogP contribution in [0.25, 0.3) is 31.8 Å². The Labute approximate surface area is 183 Å². The summed E-state index contributed by atoms with van der Waals surface area (Å²) in [6.45, 7) is 4.76. The minimum atomic E-state index is -0.815. The number of aromatic nitrogens is 3. The third-order valence-electron chi connectivity index (χ3n) is 4.62. The van der Waals surface area contributed by atoms with Gasteiger partial charge in [0.25, 0.3) is 0 Å². The van der Waals surface area contributed by atoms with E-state index in [2.05, 4.69) is 16.0 Å². The number of aryl methyl sites for hydroxylation is 2. The van der Waals surface area contributed by atoms with E-state index >= 15 is 0 Å². The van der Waals surface area contributed by atoms with Crippen LogP contribution in [0.5, 0.6) is 5.75 Å². The Morgan fingerprint density at radius 2 is 1.94 bits per heavy atom. The van der Waals surface area contributed by atoms with Gasteiger partial charge >= 0.3 is 6.09 Å². The molecule has 9 heteroatoms. The minimum absolute atomic E-state index is 0.0966. The summed E-state index contributed by atoms with van der Waals surface area (Å²) in [6.07, 6.45) is 0.925. The van der Waals surface area contributed by atoms with E-state index in [0.29, 0.717) is 12.4 Å². The van der Waals surface area contributed by atoms with Crippen LogP contribution >= 0.6 is 11.3 Å². The van der Waals surface area contributed by atoms with Crippen LogP contribution in [0, 0.1) is 13.8 Å². The number of nitrogens with zero attached hydrogens (tertiary/aromatic N) is 3. The number of benzene rings is 2. The summed E-state index contributed by atoms with van der Waals surface area (Å²) in [5, 5.41) is 0.870. The van der Waals surface area contributed by atoms with Gasteiger partial charge in [-0.25, -0.2) is 14.8 Å². The Morgan fingerprint density at radius 1 is 1.10 bits per heavy atom. The topological polar surface area (TPSA) is 109 Å². The Balaban J connectivity index is 1.70. The molecule has 160 valence electrons. The van der Waals surface area contributed by atoms with E-state index in [1.165, 1.54) is 0 Å². The molecule has 2 aromatic carbocycles. The number of amides is 1. The normalized spacial score (nSPS) is 11.2. The first-order valence-electron chi connectivity index (χ1n) is 9.66. The van der Waals surface area contributed by atoms with Gasteiger partial charge in [0, 0.05) is 12.7 Å². The zero-order valence-electron chi connectivity index (χ0n) is 17.5. The highest BCUT2D eigenvalue weighted by atomic mass is 32.1. The van der Waals surface area contributed by atoms with Gasteiger partial charge in [0.2, 0.25) is 0 Å². The number of nitrogens with two attached hydrogens (primary N) is 1. The molecule has 0 bridgehead atoms. The monoisotopic (exact) mass is 438 g/mol. The molecule has 4 aromatic rings. The van der Waals surface area contributed by atoms with E-state index in [-0.39, 0.29) is 13.2 Å². The molecule has 8 nitrogen and oxygen atoms in total. The van der Waals surface area contributed by atoms with Crippen molar-refractivity contribution in [3.8, 4) is 16.3 Å². The fourth-order valence-corrected chi connectivity index (χ4v) is 4.44. The van der Waals surface area contributed by atoms with Crippen molar-refractivity contribution in [3.63, 3.8) is 0 Å². The van der Waals surface area contributed by atoms with Gasteiger partial charge in [-0.3, -0.25) is 4.98 Å². The highest BCUT2D eigenvalue weighted by molar-refractivity contribution is 7.21. The highest BCUT2D eigenvalue weighted by Crippen LogP contribution is 2.37. The molecule has 1 amide bonds. The summed E-state index contributed by atoms with van der Waals surface area (Å²) in [5.74, 6) is 0.686. The van der Waals surface area contributed by atoms with E-state index in [1.54, 1.807) is 24.6 Å². The summed E-state index contributed by atoms with van der Waals surface area (Å²) in [6, 6.07) is 7.96. The summed E-state index contributed by atoms with van der Waals surface area (Å²) >= 11 is 1.57. The van der Waals surface area contributed by atoms with Crippen molar-refractivity contribution in [3.05, 3.63) is 47.3 Å². The second-order valence-corrected chi connectivity index (χ2v) is 8.13. The first-order chi connectivity index (χ1) is 14.9. The molecule has 2 N–H and O–H groups in total. The Kier molecular flexibility index (Phi) is 5.97. The molecule has 0 spiro atoms. The standard InChI is InChI=1S/C22H22N4O4S/c1-12-6-16(20-17(7-12)25-14(10-24-20)11-28-3)21-26-19-13(2)8-15(9-18(19)31-21)29-4-5-30-22(23)27/h6-10H,4-5,11H2,1-3H3,(H2,23,27). The predicted molar refractivity (Wildman–Crippen MR) is 119 cm³/mol.